The van der Waals surface area contributed by atoms with Gasteiger partial charge in [0, 0.05) is 16.3 Å². The van der Waals surface area contributed by atoms with Crippen LogP contribution in [0.25, 0.3) is 10.2 Å². The predicted octanol–water partition coefficient (Wildman–Crippen LogP) is 6.03. The van der Waals surface area contributed by atoms with Crippen molar-refractivity contribution in [1.82, 2.24) is 9.55 Å². The standard InChI is InChI=1S/C21H14Cl3N3O2S/c1-11-16-20(30-18(11)19(28)26-12-5-3-2-4-6-12)25-10-27(21(16)29)9-13-14(22)7-8-15(23)17(13)24/h2-8,10H,9H2,1H3,(H,26,28). The molecule has 0 saturated heterocycles. The Morgan fingerprint density at radius 3 is 2.53 bits per heavy atom. The van der Waals surface area contributed by atoms with Crippen LogP contribution in [0.2, 0.25) is 15.1 Å². The van der Waals surface area contributed by atoms with Crippen LogP contribution in [0.15, 0.2) is 53.6 Å². The first kappa shape index (κ1) is 20.9. The molecule has 0 aliphatic heterocycles. The average molecular weight is 479 g/mol. The van der Waals surface area contributed by atoms with Gasteiger partial charge in [-0.05, 0) is 36.8 Å². The SMILES string of the molecule is Cc1c(C(=O)Nc2ccccc2)sc2ncn(Cc3c(Cl)ccc(Cl)c3Cl)c(=O)c12. The second-order valence-electron chi connectivity index (χ2n) is 6.56. The number of fused-ring (bicyclic) bond motifs is 1. The highest BCUT2D eigenvalue weighted by Gasteiger charge is 2.20. The summed E-state index contributed by atoms with van der Waals surface area (Å²) in [7, 11) is 0. The van der Waals surface area contributed by atoms with Crippen molar-refractivity contribution in [2.45, 2.75) is 13.5 Å². The molecule has 0 unspecified atom stereocenters. The lowest BCUT2D eigenvalue weighted by molar-refractivity contribution is 0.103. The number of hydrogen-bond donors (Lipinski definition) is 1. The molecule has 5 nitrogen and oxygen atoms in total. The Hall–Kier alpha value is -2.38. The zero-order valence-corrected chi connectivity index (χ0v) is 18.7. The van der Waals surface area contributed by atoms with Crippen LogP contribution in [0.1, 0.15) is 20.8 Å². The summed E-state index contributed by atoms with van der Waals surface area (Å²) in [5.74, 6) is -0.284. The van der Waals surface area contributed by atoms with E-state index in [-0.39, 0.29) is 18.0 Å². The number of nitrogens with zero attached hydrogens (tertiary/aromatic N) is 2. The molecule has 152 valence electrons. The molecule has 0 aliphatic carbocycles. The van der Waals surface area contributed by atoms with E-state index in [0.717, 1.165) is 0 Å². The van der Waals surface area contributed by atoms with Crippen LogP contribution >= 0.6 is 46.1 Å². The normalized spacial score (nSPS) is 11.1. The third-order valence-electron chi connectivity index (χ3n) is 4.62. The number of carbonyl (C=O) groups excluding carboxylic acids is 1. The van der Waals surface area contributed by atoms with E-state index in [4.69, 9.17) is 34.8 Å². The maximum atomic E-state index is 13.1. The topological polar surface area (TPSA) is 64.0 Å². The van der Waals surface area contributed by atoms with Crippen molar-refractivity contribution in [3.63, 3.8) is 0 Å². The number of carbonyl (C=O) groups is 1. The monoisotopic (exact) mass is 477 g/mol. The molecular weight excluding hydrogens is 465 g/mol. The maximum Gasteiger partial charge on any atom is 0.266 e. The van der Waals surface area contributed by atoms with E-state index in [0.29, 0.717) is 47.0 Å². The van der Waals surface area contributed by atoms with E-state index in [1.165, 1.54) is 22.2 Å². The molecule has 1 amide bonds. The van der Waals surface area contributed by atoms with Gasteiger partial charge in [-0.15, -0.1) is 11.3 Å². The second kappa shape index (κ2) is 8.40. The van der Waals surface area contributed by atoms with Gasteiger partial charge in [0.15, 0.2) is 0 Å². The molecule has 0 fully saturated rings. The van der Waals surface area contributed by atoms with Crippen LogP contribution in [0.3, 0.4) is 0 Å². The summed E-state index contributed by atoms with van der Waals surface area (Å²) in [5, 5.41) is 4.29. The molecule has 4 rings (SSSR count). The fraction of sp³-hybridized carbons (Fsp3) is 0.0952. The zero-order valence-electron chi connectivity index (χ0n) is 15.6. The molecule has 0 radical (unpaired) electrons. The molecule has 2 aromatic heterocycles. The summed E-state index contributed by atoms with van der Waals surface area (Å²) in [6, 6.07) is 12.4. The Balaban J connectivity index is 1.73. The number of halogens is 3. The third kappa shape index (κ3) is 3.84. The van der Waals surface area contributed by atoms with Gasteiger partial charge in [0.1, 0.15) is 4.83 Å². The van der Waals surface area contributed by atoms with Crippen molar-refractivity contribution in [3.05, 3.63) is 90.2 Å². The van der Waals surface area contributed by atoms with E-state index in [1.807, 2.05) is 18.2 Å². The average Bonchev–Trinajstić information content (AvgIpc) is 3.08. The summed E-state index contributed by atoms with van der Waals surface area (Å²) in [6.07, 6.45) is 1.42. The number of hydrogen-bond acceptors (Lipinski definition) is 4. The molecule has 0 atom stereocenters. The molecule has 2 heterocycles. The Morgan fingerprint density at radius 1 is 1.10 bits per heavy atom. The Morgan fingerprint density at radius 2 is 1.80 bits per heavy atom. The van der Waals surface area contributed by atoms with Crippen LogP contribution in [0.5, 0.6) is 0 Å². The quantitative estimate of drug-likeness (QED) is 0.364. The summed E-state index contributed by atoms with van der Waals surface area (Å²) in [6.45, 7) is 1.85. The summed E-state index contributed by atoms with van der Waals surface area (Å²) in [5.41, 5.74) is 1.51. The fourth-order valence-corrected chi connectivity index (χ4v) is 4.78. The molecule has 9 heteroatoms. The molecular formula is C21H14Cl3N3O2S. The Labute approximate surface area is 190 Å². The number of amides is 1. The first-order chi connectivity index (χ1) is 14.4. The highest BCUT2D eigenvalue weighted by Crippen LogP contribution is 2.32. The largest absolute Gasteiger partial charge is 0.321 e. The van der Waals surface area contributed by atoms with Crippen LogP contribution in [0, 0.1) is 6.92 Å². The minimum absolute atomic E-state index is 0.112. The number of aromatic nitrogens is 2. The second-order valence-corrected chi connectivity index (χ2v) is 8.75. The summed E-state index contributed by atoms with van der Waals surface area (Å²) >= 11 is 19.8. The number of benzene rings is 2. The van der Waals surface area contributed by atoms with Crippen LogP contribution < -0.4 is 10.9 Å². The van der Waals surface area contributed by atoms with Crippen molar-refractivity contribution in [1.29, 1.82) is 0 Å². The first-order valence-electron chi connectivity index (χ1n) is 8.84. The number of rotatable bonds is 4. The Kier molecular flexibility index (Phi) is 5.84. The molecule has 0 bridgehead atoms. The highest BCUT2D eigenvalue weighted by molar-refractivity contribution is 7.20. The number of nitrogens with one attached hydrogen (secondary N) is 1. The molecule has 0 saturated carbocycles. The van der Waals surface area contributed by atoms with E-state index in [9.17, 15) is 9.59 Å². The molecule has 4 aromatic rings. The van der Waals surface area contributed by atoms with Gasteiger partial charge in [0.2, 0.25) is 0 Å². The molecule has 0 aliphatic rings. The van der Waals surface area contributed by atoms with Gasteiger partial charge < -0.3 is 5.32 Å². The van der Waals surface area contributed by atoms with E-state index in [2.05, 4.69) is 10.3 Å². The number of para-hydroxylation sites is 1. The predicted molar refractivity (Wildman–Crippen MR) is 124 cm³/mol. The summed E-state index contributed by atoms with van der Waals surface area (Å²) < 4.78 is 1.41. The Bertz CT molecular complexity index is 1330. The lowest BCUT2D eigenvalue weighted by Crippen LogP contribution is -2.21. The van der Waals surface area contributed by atoms with Crippen molar-refractivity contribution < 1.29 is 4.79 Å². The molecule has 1 N–H and O–H groups in total. The smallest absolute Gasteiger partial charge is 0.266 e. The number of anilines is 1. The van der Waals surface area contributed by atoms with Crippen LogP contribution in [0.4, 0.5) is 5.69 Å². The summed E-state index contributed by atoms with van der Waals surface area (Å²) in [4.78, 5) is 31.2. The minimum Gasteiger partial charge on any atom is -0.321 e. The van der Waals surface area contributed by atoms with Gasteiger partial charge in [-0.1, -0.05) is 53.0 Å². The molecule has 2 aromatic carbocycles. The van der Waals surface area contributed by atoms with Crippen molar-refractivity contribution in [3.8, 4) is 0 Å². The molecule has 0 spiro atoms. The van der Waals surface area contributed by atoms with Crippen LogP contribution in [-0.2, 0) is 6.54 Å². The van der Waals surface area contributed by atoms with Crippen molar-refractivity contribution in [2.75, 3.05) is 5.32 Å². The van der Waals surface area contributed by atoms with E-state index in [1.54, 1.807) is 31.2 Å². The van der Waals surface area contributed by atoms with Gasteiger partial charge in [-0.3, -0.25) is 14.2 Å². The maximum absolute atomic E-state index is 13.1. The van der Waals surface area contributed by atoms with Crippen LogP contribution in [-0.4, -0.2) is 15.5 Å². The van der Waals surface area contributed by atoms with Gasteiger partial charge in [-0.25, -0.2) is 4.98 Å². The van der Waals surface area contributed by atoms with Crippen molar-refractivity contribution >= 4 is 68.0 Å². The number of aryl methyl sites for hydroxylation is 1. The minimum atomic E-state index is -0.284. The third-order valence-corrected chi connectivity index (χ3v) is 7.02. The van der Waals surface area contributed by atoms with Crippen molar-refractivity contribution in [2.24, 2.45) is 0 Å². The van der Waals surface area contributed by atoms with E-state index < -0.39 is 0 Å². The number of thiophene rings is 1. The van der Waals surface area contributed by atoms with Gasteiger partial charge in [-0.2, -0.15) is 0 Å². The van der Waals surface area contributed by atoms with E-state index >= 15 is 0 Å². The first-order valence-corrected chi connectivity index (χ1v) is 10.8. The molecule has 30 heavy (non-hydrogen) atoms. The zero-order chi connectivity index (χ0) is 21.4. The lowest BCUT2D eigenvalue weighted by Gasteiger charge is -2.10. The lowest BCUT2D eigenvalue weighted by atomic mass is 10.2. The van der Waals surface area contributed by atoms with Gasteiger partial charge >= 0.3 is 0 Å². The van der Waals surface area contributed by atoms with Gasteiger partial charge in [0.25, 0.3) is 11.5 Å². The fourth-order valence-electron chi connectivity index (χ4n) is 3.08. The van der Waals surface area contributed by atoms with Gasteiger partial charge in [0.05, 0.1) is 33.2 Å². The highest BCUT2D eigenvalue weighted by atomic mass is 35.5.